The van der Waals surface area contributed by atoms with E-state index in [4.69, 9.17) is 5.73 Å². The summed E-state index contributed by atoms with van der Waals surface area (Å²) < 4.78 is 37.8. The Hall–Kier alpha value is -1.46. The van der Waals surface area contributed by atoms with Crippen LogP contribution in [0.4, 0.5) is 24.8 Å². The molecule has 1 aromatic rings. The maximum Gasteiger partial charge on any atom is 0.416 e. The molecule has 2 N–H and O–H groups in total. The van der Waals surface area contributed by atoms with Crippen molar-refractivity contribution in [2.24, 2.45) is 0 Å². The fourth-order valence-electron chi connectivity index (χ4n) is 1.57. The van der Waals surface area contributed by atoms with Gasteiger partial charge in [-0.2, -0.15) is 13.2 Å². The number of halogens is 3. The normalized spacial score (nSPS) is 11.6. The fraction of sp³-hybridized carbons (Fsp3) is 0.545. The molecular weight excluding hydrogens is 231 g/mol. The molecule has 96 valence electrons. The van der Waals surface area contributed by atoms with Gasteiger partial charge in [0.25, 0.3) is 0 Å². The summed E-state index contributed by atoms with van der Waals surface area (Å²) in [4.78, 5) is 5.71. The average molecular weight is 247 g/mol. The molecule has 0 atom stereocenters. The van der Waals surface area contributed by atoms with Crippen LogP contribution in [0.3, 0.4) is 0 Å². The monoisotopic (exact) mass is 247 g/mol. The van der Waals surface area contributed by atoms with Gasteiger partial charge in [-0.3, -0.25) is 0 Å². The molecule has 17 heavy (non-hydrogen) atoms. The number of hydrogen-bond acceptors (Lipinski definition) is 3. The van der Waals surface area contributed by atoms with Crippen LogP contribution in [0, 0.1) is 0 Å². The highest BCUT2D eigenvalue weighted by atomic mass is 19.4. The topological polar surface area (TPSA) is 42.1 Å². The van der Waals surface area contributed by atoms with Crippen molar-refractivity contribution in [3.8, 4) is 0 Å². The molecule has 0 aliphatic heterocycles. The van der Waals surface area contributed by atoms with E-state index < -0.39 is 11.7 Å². The molecule has 6 heteroatoms. The molecule has 1 aromatic heterocycles. The number of anilines is 2. The van der Waals surface area contributed by atoms with Crippen molar-refractivity contribution >= 4 is 11.6 Å². The summed E-state index contributed by atoms with van der Waals surface area (Å²) in [6, 6.07) is 1.89. The summed E-state index contributed by atoms with van der Waals surface area (Å²) in [5.41, 5.74) is 4.65. The van der Waals surface area contributed by atoms with Crippen LogP contribution in [0.5, 0.6) is 0 Å². The van der Waals surface area contributed by atoms with Crippen LogP contribution in [0.15, 0.2) is 12.1 Å². The van der Waals surface area contributed by atoms with Crippen molar-refractivity contribution in [2.75, 3.05) is 23.7 Å². The van der Waals surface area contributed by atoms with Crippen LogP contribution in [-0.4, -0.2) is 18.1 Å². The number of nitrogens with zero attached hydrogens (tertiary/aromatic N) is 2. The van der Waals surface area contributed by atoms with Crippen LogP contribution in [-0.2, 0) is 6.18 Å². The third-order valence-corrected chi connectivity index (χ3v) is 2.36. The van der Waals surface area contributed by atoms with Crippen LogP contribution in [0.2, 0.25) is 0 Å². The number of nitrogens with two attached hydrogens (primary N) is 1. The standard InChI is InChI=1S/C11H16F3N3/c1-3-5-17(4-2)10-7-8(11(12,13)14)6-9(15)16-10/h6-7H,3-5H2,1-2H3,(H2,15,16). The zero-order chi connectivity index (χ0) is 13.1. The second kappa shape index (κ2) is 5.25. The van der Waals surface area contributed by atoms with Gasteiger partial charge >= 0.3 is 6.18 Å². The van der Waals surface area contributed by atoms with Gasteiger partial charge in [-0.1, -0.05) is 6.92 Å². The van der Waals surface area contributed by atoms with Crippen molar-refractivity contribution in [1.29, 1.82) is 0 Å². The first-order chi connectivity index (χ1) is 7.88. The van der Waals surface area contributed by atoms with Gasteiger partial charge in [0, 0.05) is 13.1 Å². The largest absolute Gasteiger partial charge is 0.416 e. The highest BCUT2D eigenvalue weighted by Gasteiger charge is 2.31. The first-order valence-electron chi connectivity index (χ1n) is 5.48. The minimum atomic E-state index is -4.39. The Morgan fingerprint density at radius 2 is 1.94 bits per heavy atom. The smallest absolute Gasteiger partial charge is 0.384 e. The Labute approximate surface area is 98.4 Å². The second-order valence-electron chi connectivity index (χ2n) is 3.72. The molecule has 0 spiro atoms. The van der Waals surface area contributed by atoms with E-state index >= 15 is 0 Å². The fourth-order valence-corrected chi connectivity index (χ4v) is 1.57. The lowest BCUT2D eigenvalue weighted by Crippen LogP contribution is -2.25. The molecule has 0 amide bonds. The van der Waals surface area contributed by atoms with Crippen LogP contribution < -0.4 is 10.6 Å². The Bertz CT molecular complexity index is 377. The van der Waals surface area contributed by atoms with E-state index in [1.54, 1.807) is 4.90 Å². The van der Waals surface area contributed by atoms with Crippen molar-refractivity contribution in [2.45, 2.75) is 26.4 Å². The number of nitrogen functional groups attached to an aromatic ring is 1. The average Bonchev–Trinajstić information content (AvgIpc) is 2.23. The molecule has 3 nitrogen and oxygen atoms in total. The first kappa shape index (κ1) is 13.6. The number of aromatic nitrogens is 1. The van der Waals surface area contributed by atoms with Gasteiger partial charge in [0.15, 0.2) is 0 Å². The van der Waals surface area contributed by atoms with Crippen LogP contribution in [0.1, 0.15) is 25.8 Å². The van der Waals surface area contributed by atoms with Crippen molar-refractivity contribution < 1.29 is 13.2 Å². The van der Waals surface area contributed by atoms with Crippen molar-refractivity contribution in [1.82, 2.24) is 4.98 Å². The van der Waals surface area contributed by atoms with Gasteiger partial charge in [0.2, 0.25) is 0 Å². The molecule has 0 fully saturated rings. The zero-order valence-electron chi connectivity index (χ0n) is 9.88. The third kappa shape index (κ3) is 3.51. The van der Waals surface area contributed by atoms with E-state index in [9.17, 15) is 13.2 Å². The zero-order valence-corrected chi connectivity index (χ0v) is 9.88. The molecule has 0 aliphatic rings. The van der Waals surface area contributed by atoms with E-state index in [-0.39, 0.29) is 11.6 Å². The van der Waals surface area contributed by atoms with Crippen molar-refractivity contribution in [3.05, 3.63) is 17.7 Å². The highest BCUT2D eigenvalue weighted by Crippen LogP contribution is 2.32. The maximum atomic E-state index is 12.6. The molecule has 0 aromatic carbocycles. The first-order valence-corrected chi connectivity index (χ1v) is 5.48. The van der Waals surface area contributed by atoms with Crippen molar-refractivity contribution in [3.63, 3.8) is 0 Å². The Morgan fingerprint density at radius 1 is 1.29 bits per heavy atom. The second-order valence-corrected chi connectivity index (χ2v) is 3.72. The molecule has 1 rings (SSSR count). The number of hydrogen-bond donors (Lipinski definition) is 1. The van der Waals surface area contributed by atoms with Crippen LogP contribution in [0.25, 0.3) is 0 Å². The van der Waals surface area contributed by atoms with Gasteiger partial charge in [-0.05, 0) is 25.5 Å². The molecule has 1 heterocycles. The molecule has 0 radical (unpaired) electrons. The van der Waals surface area contributed by atoms with E-state index in [2.05, 4.69) is 4.98 Å². The molecule has 0 bridgehead atoms. The predicted octanol–water partition coefficient (Wildman–Crippen LogP) is 2.92. The Kier molecular flexibility index (Phi) is 4.20. The van der Waals surface area contributed by atoms with Gasteiger partial charge < -0.3 is 10.6 Å². The Morgan fingerprint density at radius 3 is 2.41 bits per heavy atom. The minimum Gasteiger partial charge on any atom is -0.384 e. The van der Waals surface area contributed by atoms with Gasteiger partial charge in [0.1, 0.15) is 11.6 Å². The lowest BCUT2D eigenvalue weighted by atomic mass is 10.2. The summed E-state index contributed by atoms with van der Waals surface area (Å²) in [7, 11) is 0. The van der Waals surface area contributed by atoms with E-state index in [0.717, 1.165) is 18.6 Å². The summed E-state index contributed by atoms with van der Waals surface area (Å²) >= 11 is 0. The molecule has 0 saturated heterocycles. The molecule has 0 saturated carbocycles. The summed E-state index contributed by atoms with van der Waals surface area (Å²) in [5, 5.41) is 0. The summed E-state index contributed by atoms with van der Waals surface area (Å²) in [6.45, 7) is 5.08. The predicted molar refractivity (Wildman–Crippen MR) is 61.8 cm³/mol. The van der Waals surface area contributed by atoms with Gasteiger partial charge in [0.05, 0.1) is 5.56 Å². The number of rotatable bonds is 4. The number of pyridine rings is 1. The summed E-state index contributed by atoms with van der Waals surface area (Å²) in [6.07, 6.45) is -3.55. The number of alkyl halides is 3. The minimum absolute atomic E-state index is 0.107. The molecule has 0 aliphatic carbocycles. The SMILES string of the molecule is CCCN(CC)c1cc(C(F)(F)F)cc(N)n1. The molecular formula is C11H16F3N3. The molecule has 0 unspecified atom stereocenters. The van der Waals surface area contributed by atoms with Crippen LogP contribution >= 0.6 is 0 Å². The highest BCUT2D eigenvalue weighted by molar-refractivity contribution is 5.49. The van der Waals surface area contributed by atoms with E-state index in [1.165, 1.54) is 0 Å². The van der Waals surface area contributed by atoms with Gasteiger partial charge in [-0.25, -0.2) is 4.98 Å². The lowest BCUT2D eigenvalue weighted by molar-refractivity contribution is -0.137. The quantitative estimate of drug-likeness (QED) is 0.889. The lowest BCUT2D eigenvalue weighted by Gasteiger charge is -2.22. The Balaban J connectivity index is 3.12. The van der Waals surface area contributed by atoms with Gasteiger partial charge in [-0.15, -0.1) is 0 Å². The summed E-state index contributed by atoms with van der Waals surface area (Å²) in [5.74, 6) is 0.172. The maximum absolute atomic E-state index is 12.6. The van der Waals surface area contributed by atoms with E-state index in [1.807, 2.05) is 13.8 Å². The third-order valence-electron chi connectivity index (χ3n) is 2.36. The van der Waals surface area contributed by atoms with E-state index in [0.29, 0.717) is 13.1 Å².